The molecule has 3 aromatic rings. The van der Waals surface area contributed by atoms with Gasteiger partial charge >= 0.3 is 0 Å². The normalized spacial score (nSPS) is 10.6. The predicted molar refractivity (Wildman–Crippen MR) is 98.3 cm³/mol. The maximum Gasteiger partial charge on any atom is 0.230 e. The maximum atomic E-state index is 12.0. The second-order valence-electron chi connectivity index (χ2n) is 5.26. The van der Waals surface area contributed by atoms with E-state index in [9.17, 15) is 4.79 Å². The Labute approximate surface area is 154 Å². The van der Waals surface area contributed by atoms with Crippen molar-refractivity contribution in [2.45, 2.75) is 11.7 Å². The standard InChI is InChI=1S/C17H16ClN5OS/c1-23-16(13-6-4-8-19-9-13)21-22-17(23)25-11-15(24)20-10-12-5-2-3-7-14(12)18/h2-9H,10-11H2,1H3,(H,20,24). The number of carbonyl (C=O) groups is 1. The lowest BCUT2D eigenvalue weighted by molar-refractivity contribution is -0.118. The number of hydrogen-bond acceptors (Lipinski definition) is 5. The molecule has 1 N–H and O–H groups in total. The molecule has 0 aliphatic carbocycles. The van der Waals surface area contributed by atoms with Gasteiger partial charge in [0.05, 0.1) is 5.75 Å². The van der Waals surface area contributed by atoms with E-state index in [2.05, 4.69) is 20.5 Å². The van der Waals surface area contributed by atoms with Gasteiger partial charge in [-0.2, -0.15) is 0 Å². The van der Waals surface area contributed by atoms with Gasteiger partial charge in [-0.25, -0.2) is 0 Å². The minimum atomic E-state index is -0.0872. The fraction of sp³-hybridized carbons (Fsp3) is 0.176. The van der Waals surface area contributed by atoms with E-state index in [1.165, 1.54) is 11.8 Å². The van der Waals surface area contributed by atoms with Crippen molar-refractivity contribution < 1.29 is 4.79 Å². The monoisotopic (exact) mass is 373 g/mol. The number of benzene rings is 1. The Bertz CT molecular complexity index is 868. The molecule has 0 bridgehead atoms. The van der Waals surface area contributed by atoms with E-state index < -0.39 is 0 Å². The molecule has 6 nitrogen and oxygen atoms in total. The summed E-state index contributed by atoms with van der Waals surface area (Å²) in [7, 11) is 1.87. The number of rotatable bonds is 6. The van der Waals surface area contributed by atoms with Gasteiger partial charge in [0.2, 0.25) is 5.91 Å². The first-order valence-corrected chi connectivity index (χ1v) is 8.94. The highest BCUT2D eigenvalue weighted by Crippen LogP contribution is 2.21. The molecular weight excluding hydrogens is 358 g/mol. The Hall–Kier alpha value is -2.38. The third-order valence-electron chi connectivity index (χ3n) is 3.52. The first-order chi connectivity index (χ1) is 12.1. The van der Waals surface area contributed by atoms with Gasteiger partial charge in [-0.3, -0.25) is 9.78 Å². The van der Waals surface area contributed by atoms with Gasteiger partial charge in [-0.15, -0.1) is 10.2 Å². The predicted octanol–water partition coefficient (Wildman–Crippen LogP) is 2.94. The summed E-state index contributed by atoms with van der Waals surface area (Å²) >= 11 is 7.41. The lowest BCUT2D eigenvalue weighted by atomic mass is 10.2. The Morgan fingerprint density at radius 1 is 1.24 bits per heavy atom. The number of hydrogen-bond donors (Lipinski definition) is 1. The fourth-order valence-corrected chi connectivity index (χ4v) is 3.15. The molecule has 8 heteroatoms. The van der Waals surface area contributed by atoms with Crippen molar-refractivity contribution >= 4 is 29.3 Å². The van der Waals surface area contributed by atoms with Gasteiger partial charge in [0.15, 0.2) is 11.0 Å². The summed E-state index contributed by atoms with van der Waals surface area (Å²) in [5.74, 6) is 0.881. The van der Waals surface area contributed by atoms with E-state index in [0.29, 0.717) is 22.5 Å². The van der Waals surface area contributed by atoms with Crippen molar-refractivity contribution in [2.75, 3.05) is 5.75 Å². The Kier molecular flexibility index (Phi) is 5.67. The highest BCUT2D eigenvalue weighted by molar-refractivity contribution is 7.99. The van der Waals surface area contributed by atoms with E-state index in [1.807, 2.05) is 41.9 Å². The smallest absolute Gasteiger partial charge is 0.230 e. The molecule has 0 fully saturated rings. The summed E-state index contributed by atoms with van der Waals surface area (Å²) in [5.41, 5.74) is 1.77. The van der Waals surface area contributed by atoms with Crippen LogP contribution < -0.4 is 5.32 Å². The van der Waals surface area contributed by atoms with E-state index in [0.717, 1.165) is 11.1 Å². The molecule has 2 heterocycles. The molecule has 0 atom stereocenters. The van der Waals surface area contributed by atoms with Gasteiger partial charge in [-0.1, -0.05) is 41.6 Å². The summed E-state index contributed by atoms with van der Waals surface area (Å²) in [6.45, 7) is 0.402. The van der Waals surface area contributed by atoms with Crippen LogP contribution in [0.5, 0.6) is 0 Å². The number of nitrogens with zero attached hydrogens (tertiary/aromatic N) is 4. The van der Waals surface area contributed by atoms with Crippen molar-refractivity contribution in [3.63, 3.8) is 0 Å². The summed E-state index contributed by atoms with van der Waals surface area (Å²) in [5, 5.41) is 12.5. The van der Waals surface area contributed by atoms with Crippen LogP contribution >= 0.6 is 23.4 Å². The number of thioether (sulfide) groups is 1. The van der Waals surface area contributed by atoms with Crippen LogP contribution in [0.25, 0.3) is 11.4 Å². The second kappa shape index (κ2) is 8.13. The number of amides is 1. The molecule has 1 amide bonds. The highest BCUT2D eigenvalue weighted by Gasteiger charge is 2.13. The third kappa shape index (κ3) is 4.37. The Morgan fingerprint density at radius 3 is 2.84 bits per heavy atom. The molecule has 25 heavy (non-hydrogen) atoms. The van der Waals surface area contributed by atoms with E-state index in [-0.39, 0.29) is 11.7 Å². The topological polar surface area (TPSA) is 72.7 Å². The van der Waals surface area contributed by atoms with Crippen LogP contribution in [-0.4, -0.2) is 31.4 Å². The van der Waals surface area contributed by atoms with Gasteiger partial charge in [-0.05, 0) is 23.8 Å². The number of pyridine rings is 1. The van der Waals surface area contributed by atoms with Crippen LogP contribution in [0.2, 0.25) is 5.02 Å². The molecule has 0 radical (unpaired) electrons. The summed E-state index contributed by atoms with van der Waals surface area (Å²) < 4.78 is 1.85. The van der Waals surface area contributed by atoms with E-state index in [1.54, 1.807) is 18.5 Å². The van der Waals surface area contributed by atoms with Gasteiger partial charge in [0.1, 0.15) is 0 Å². The zero-order chi connectivity index (χ0) is 17.6. The Balaban J connectivity index is 1.56. The number of aromatic nitrogens is 4. The molecule has 0 unspecified atom stereocenters. The molecule has 0 aliphatic rings. The number of halogens is 1. The molecule has 0 saturated carbocycles. The molecule has 0 saturated heterocycles. The number of carbonyl (C=O) groups excluding carboxylic acids is 1. The van der Waals surface area contributed by atoms with Gasteiger partial charge in [0.25, 0.3) is 0 Å². The largest absolute Gasteiger partial charge is 0.351 e. The lowest BCUT2D eigenvalue weighted by Gasteiger charge is -2.07. The van der Waals surface area contributed by atoms with Crippen molar-refractivity contribution in [3.05, 3.63) is 59.4 Å². The van der Waals surface area contributed by atoms with E-state index in [4.69, 9.17) is 11.6 Å². The van der Waals surface area contributed by atoms with Crippen LogP contribution in [0.15, 0.2) is 53.9 Å². The molecular formula is C17H16ClN5OS. The van der Waals surface area contributed by atoms with Gasteiger partial charge < -0.3 is 9.88 Å². The van der Waals surface area contributed by atoms with Crippen LogP contribution in [0.1, 0.15) is 5.56 Å². The molecule has 3 rings (SSSR count). The molecule has 0 aliphatic heterocycles. The SMILES string of the molecule is Cn1c(SCC(=O)NCc2ccccc2Cl)nnc1-c1cccnc1. The minimum Gasteiger partial charge on any atom is -0.351 e. The van der Waals surface area contributed by atoms with Crippen LogP contribution in [0.3, 0.4) is 0 Å². The van der Waals surface area contributed by atoms with Crippen molar-refractivity contribution in [3.8, 4) is 11.4 Å². The van der Waals surface area contributed by atoms with E-state index >= 15 is 0 Å². The third-order valence-corrected chi connectivity index (χ3v) is 4.91. The van der Waals surface area contributed by atoms with Gasteiger partial charge in [0, 0.05) is 36.6 Å². The first kappa shape index (κ1) is 17.4. The molecule has 2 aromatic heterocycles. The first-order valence-electron chi connectivity index (χ1n) is 7.58. The zero-order valence-electron chi connectivity index (χ0n) is 13.5. The minimum absolute atomic E-state index is 0.0872. The van der Waals surface area contributed by atoms with Crippen molar-refractivity contribution in [1.29, 1.82) is 0 Å². The average molecular weight is 374 g/mol. The number of nitrogens with one attached hydrogen (secondary N) is 1. The lowest BCUT2D eigenvalue weighted by Crippen LogP contribution is -2.24. The summed E-state index contributed by atoms with van der Waals surface area (Å²) in [6, 6.07) is 11.2. The Morgan fingerprint density at radius 2 is 2.08 bits per heavy atom. The zero-order valence-corrected chi connectivity index (χ0v) is 15.1. The van der Waals surface area contributed by atoms with Crippen molar-refractivity contribution in [1.82, 2.24) is 25.1 Å². The fourth-order valence-electron chi connectivity index (χ4n) is 2.20. The maximum absolute atomic E-state index is 12.0. The highest BCUT2D eigenvalue weighted by atomic mass is 35.5. The molecule has 0 spiro atoms. The second-order valence-corrected chi connectivity index (χ2v) is 6.61. The summed E-state index contributed by atoms with van der Waals surface area (Å²) in [6.07, 6.45) is 3.44. The average Bonchev–Trinajstić information content (AvgIpc) is 3.00. The van der Waals surface area contributed by atoms with Crippen LogP contribution in [-0.2, 0) is 18.4 Å². The summed E-state index contributed by atoms with van der Waals surface area (Å²) in [4.78, 5) is 16.1. The van der Waals surface area contributed by atoms with Crippen LogP contribution in [0, 0.1) is 0 Å². The molecule has 128 valence electrons. The van der Waals surface area contributed by atoms with Crippen LogP contribution in [0.4, 0.5) is 0 Å². The molecule has 1 aromatic carbocycles. The quantitative estimate of drug-likeness (QED) is 0.672. The van der Waals surface area contributed by atoms with Crippen molar-refractivity contribution in [2.24, 2.45) is 7.05 Å².